The van der Waals surface area contributed by atoms with Crippen molar-refractivity contribution < 1.29 is 4.42 Å². The van der Waals surface area contributed by atoms with Crippen molar-refractivity contribution >= 4 is 11.8 Å². The maximum atomic E-state index is 5.82. The van der Waals surface area contributed by atoms with E-state index in [2.05, 4.69) is 35.4 Å². The van der Waals surface area contributed by atoms with Crippen LogP contribution in [0.2, 0.25) is 0 Å². The van der Waals surface area contributed by atoms with E-state index in [4.69, 9.17) is 4.42 Å². The normalized spacial score (nSPS) is 12.6. The molecule has 0 fully saturated rings. The zero-order valence-electron chi connectivity index (χ0n) is 11.5. The van der Waals surface area contributed by atoms with Crippen LogP contribution in [0, 0.1) is 0 Å². The zero-order valence-corrected chi connectivity index (χ0v) is 12.3. The van der Waals surface area contributed by atoms with E-state index in [1.807, 2.05) is 24.5 Å². The van der Waals surface area contributed by atoms with Gasteiger partial charge in [0.2, 0.25) is 11.8 Å². The van der Waals surface area contributed by atoms with Gasteiger partial charge in [0.05, 0.1) is 11.6 Å². The summed E-state index contributed by atoms with van der Waals surface area (Å²) in [6.07, 6.45) is 2.98. The van der Waals surface area contributed by atoms with Gasteiger partial charge >= 0.3 is 0 Å². The number of rotatable bonds is 6. The number of nitrogens with zero attached hydrogens (tertiary/aromatic N) is 2. The van der Waals surface area contributed by atoms with Crippen LogP contribution in [0.15, 0.2) is 33.6 Å². The highest BCUT2D eigenvalue weighted by Gasteiger charge is 2.17. The van der Waals surface area contributed by atoms with Crippen LogP contribution in [0.4, 0.5) is 0 Å². The van der Waals surface area contributed by atoms with Crippen LogP contribution >= 0.6 is 11.8 Å². The first-order valence-corrected chi connectivity index (χ1v) is 7.72. The monoisotopic (exact) mass is 277 g/mol. The van der Waals surface area contributed by atoms with Gasteiger partial charge in [-0.25, -0.2) is 0 Å². The Kier molecular flexibility index (Phi) is 4.99. The summed E-state index contributed by atoms with van der Waals surface area (Å²) in [6, 6.07) is 8.20. The number of nitrogens with one attached hydrogen (secondary N) is 1. The molecule has 1 atom stereocenters. The minimum Gasteiger partial charge on any atom is -0.419 e. The second-order valence-corrected chi connectivity index (χ2v) is 5.01. The van der Waals surface area contributed by atoms with E-state index >= 15 is 0 Å². The maximum Gasteiger partial charge on any atom is 0.248 e. The standard InChI is InChI=1S/C14H19N3OS/c1-4-11(15-5-2)14-17-16-13(18-14)10-8-6-7-9-12(10)19-3/h6-9,11,15H,4-5H2,1-3H3. The summed E-state index contributed by atoms with van der Waals surface area (Å²) in [4.78, 5) is 1.15. The van der Waals surface area contributed by atoms with E-state index in [9.17, 15) is 0 Å². The van der Waals surface area contributed by atoms with Gasteiger partial charge in [-0.1, -0.05) is 26.0 Å². The molecular weight excluding hydrogens is 258 g/mol. The van der Waals surface area contributed by atoms with E-state index in [0.717, 1.165) is 23.4 Å². The summed E-state index contributed by atoms with van der Waals surface area (Å²) in [5, 5.41) is 11.7. The lowest BCUT2D eigenvalue weighted by Gasteiger charge is -2.10. The number of hydrogen-bond acceptors (Lipinski definition) is 5. The lowest BCUT2D eigenvalue weighted by Crippen LogP contribution is -2.20. The predicted molar refractivity (Wildman–Crippen MR) is 78.2 cm³/mol. The maximum absolute atomic E-state index is 5.82. The Morgan fingerprint density at radius 1 is 1.26 bits per heavy atom. The molecule has 2 aromatic rings. The SMILES string of the molecule is CCNC(CC)c1nnc(-c2ccccc2SC)o1. The first-order chi connectivity index (χ1) is 9.30. The fourth-order valence-corrected chi connectivity index (χ4v) is 2.55. The molecule has 1 unspecified atom stereocenters. The molecule has 2 rings (SSSR count). The molecule has 1 heterocycles. The van der Waals surface area contributed by atoms with E-state index < -0.39 is 0 Å². The molecule has 0 radical (unpaired) electrons. The Labute approximate surface area is 118 Å². The fourth-order valence-electron chi connectivity index (χ4n) is 1.96. The number of benzene rings is 1. The van der Waals surface area contributed by atoms with Crippen LogP contribution in [0.25, 0.3) is 11.5 Å². The molecule has 0 saturated carbocycles. The van der Waals surface area contributed by atoms with Crippen molar-refractivity contribution in [3.8, 4) is 11.5 Å². The third kappa shape index (κ3) is 3.16. The van der Waals surface area contributed by atoms with Crippen LogP contribution in [-0.2, 0) is 0 Å². The molecule has 0 spiro atoms. The van der Waals surface area contributed by atoms with Gasteiger partial charge in [0, 0.05) is 4.90 Å². The molecule has 0 aliphatic carbocycles. The molecule has 1 aromatic heterocycles. The first-order valence-electron chi connectivity index (χ1n) is 6.50. The lowest BCUT2D eigenvalue weighted by molar-refractivity contribution is 0.401. The second kappa shape index (κ2) is 6.73. The van der Waals surface area contributed by atoms with Crippen LogP contribution in [-0.4, -0.2) is 23.0 Å². The summed E-state index contributed by atoms with van der Waals surface area (Å²) in [5.41, 5.74) is 1.00. The van der Waals surface area contributed by atoms with Gasteiger partial charge in [0.1, 0.15) is 0 Å². The Hall–Kier alpha value is -1.33. The summed E-state index contributed by atoms with van der Waals surface area (Å²) in [5.74, 6) is 1.26. The summed E-state index contributed by atoms with van der Waals surface area (Å²) >= 11 is 1.68. The third-order valence-electron chi connectivity index (χ3n) is 2.93. The van der Waals surface area contributed by atoms with Gasteiger partial charge in [-0.2, -0.15) is 0 Å². The third-order valence-corrected chi connectivity index (χ3v) is 3.73. The van der Waals surface area contributed by atoms with E-state index in [1.54, 1.807) is 11.8 Å². The smallest absolute Gasteiger partial charge is 0.248 e. The van der Waals surface area contributed by atoms with Crippen LogP contribution < -0.4 is 5.32 Å². The molecule has 102 valence electrons. The largest absolute Gasteiger partial charge is 0.419 e. The van der Waals surface area contributed by atoms with Crippen molar-refractivity contribution in [1.82, 2.24) is 15.5 Å². The number of aromatic nitrogens is 2. The summed E-state index contributed by atoms with van der Waals surface area (Å²) in [6.45, 7) is 5.06. The van der Waals surface area contributed by atoms with Crippen LogP contribution in [0.5, 0.6) is 0 Å². The molecule has 0 aliphatic rings. The Morgan fingerprint density at radius 2 is 2.05 bits per heavy atom. The molecule has 4 nitrogen and oxygen atoms in total. The highest BCUT2D eigenvalue weighted by Crippen LogP contribution is 2.30. The quantitative estimate of drug-likeness (QED) is 0.819. The predicted octanol–water partition coefficient (Wildman–Crippen LogP) is 3.52. The van der Waals surface area contributed by atoms with Gasteiger partial charge < -0.3 is 9.73 Å². The molecule has 5 heteroatoms. The summed E-state index contributed by atoms with van der Waals surface area (Å²) in [7, 11) is 0. The average molecular weight is 277 g/mol. The minimum atomic E-state index is 0.132. The van der Waals surface area contributed by atoms with Crippen molar-refractivity contribution in [3.63, 3.8) is 0 Å². The number of thioether (sulfide) groups is 1. The molecule has 0 saturated heterocycles. The Bertz CT molecular complexity index is 527. The van der Waals surface area contributed by atoms with Gasteiger partial charge in [-0.05, 0) is 31.4 Å². The van der Waals surface area contributed by atoms with Gasteiger partial charge in [-0.3, -0.25) is 0 Å². The van der Waals surface area contributed by atoms with E-state index in [-0.39, 0.29) is 6.04 Å². The van der Waals surface area contributed by atoms with Crippen molar-refractivity contribution in [2.45, 2.75) is 31.2 Å². The van der Waals surface area contributed by atoms with Crippen LogP contribution in [0.3, 0.4) is 0 Å². The second-order valence-electron chi connectivity index (χ2n) is 4.16. The first kappa shape index (κ1) is 14.1. The molecular formula is C14H19N3OS. The molecule has 0 amide bonds. The van der Waals surface area contributed by atoms with Crippen molar-refractivity contribution in [2.75, 3.05) is 12.8 Å². The molecule has 1 aromatic carbocycles. The van der Waals surface area contributed by atoms with Crippen molar-refractivity contribution in [3.05, 3.63) is 30.2 Å². The Morgan fingerprint density at radius 3 is 2.74 bits per heavy atom. The molecule has 0 aliphatic heterocycles. The summed E-state index contributed by atoms with van der Waals surface area (Å²) < 4.78 is 5.82. The van der Waals surface area contributed by atoms with Crippen molar-refractivity contribution in [1.29, 1.82) is 0 Å². The topological polar surface area (TPSA) is 51.0 Å². The van der Waals surface area contributed by atoms with Crippen LogP contribution in [0.1, 0.15) is 32.2 Å². The average Bonchev–Trinajstić information content (AvgIpc) is 2.94. The fraction of sp³-hybridized carbons (Fsp3) is 0.429. The highest BCUT2D eigenvalue weighted by atomic mass is 32.2. The lowest BCUT2D eigenvalue weighted by atomic mass is 10.2. The minimum absolute atomic E-state index is 0.132. The Balaban J connectivity index is 2.30. The number of hydrogen-bond donors (Lipinski definition) is 1. The van der Waals surface area contributed by atoms with E-state index in [1.165, 1.54) is 0 Å². The van der Waals surface area contributed by atoms with Gasteiger partial charge in [0.15, 0.2) is 0 Å². The van der Waals surface area contributed by atoms with E-state index in [0.29, 0.717) is 11.8 Å². The van der Waals surface area contributed by atoms with Crippen molar-refractivity contribution in [2.24, 2.45) is 0 Å². The van der Waals surface area contributed by atoms with Gasteiger partial charge in [0.25, 0.3) is 0 Å². The van der Waals surface area contributed by atoms with Gasteiger partial charge in [-0.15, -0.1) is 22.0 Å². The zero-order chi connectivity index (χ0) is 13.7. The molecule has 19 heavy (non-hydrogen) atoms. The molecule has 1 N–H and O–H groups in total. The highest BCUT2D eigenvalue weighted by molar-refractivity contribution is 7.98. The molecule has 0 bridgehead atoms.